The number of hydrogen-bond donors (Lipinski definition) is 0. The molecule has 3 aromatic rings. The first-order valence-electron chi connectivity index (χ1n) is 7.67. The summed E-state index contributed by atoms with van der Waals surface area (Å²) in [7, 11) is 0. The van der Waals surface area contributed by atoms with Crippen molar-refractivity contribution in [3.8, 4) is 0 Å². The SMILES string of the molecule is O=C(c1ccco1)N1CCC(n2c(=O)oc3ccccc32)CC1. The highest BCUT2D eigenvalue weighted by Crippen LogP contribution is 2.26. The number of carbonyl (C=O) groups is 1. The lowest BCUT2D eigenvalue weighted by Crippen LogP contribution is -2.40. The average molecular weight is 312 g/mol. The van der Waals surface area contributed by atoms with Gasteiger partial charge in [-0.25, -0.2) is 4.79 Å². The number of benzene rings is 1. The molecule has 2 aromatic heterocycles. The Morgan fingerprint density at radius 1 is 1.09 bits per heavy atom. The summed E-state index contributed by atoms with van der Waals surface area (Å²) in [5.74, 6) is -0.0748. The molecular formula is C17H16N2O4. The van der Waals surface area contributed by atoms with Crippen molar-refractivity contribution in [1.82, 2.24) is 9.47 Å². The summed E-state index contributed by atoms with van der Waals surface area (Å²) < 4.78 is 12.2. The number of likely N-dealkylation sites (tertiary alicyclic amines) is 1. The predicted molar refractivity (Wildman–Crippen MR) is 83.4 cm³/mol. The summed E-state index contributed by atoms with van der Waals surface area (Å²) in [6.45, 7) is 1.19. The Kier molecular flexibility index (Phi) is 3.29. The number of para-hydroxylation sites is 2. The van der Waals surface area contributed by atoms with Gasteiger partial charge in [-0.3, -0.25) is 9.36 Å². The molecule has 3 heterocycles. The highest BCUT2D eigenvalue weighted by Gasteiger charge is 2.28. The molecule has 0 bridgehead atoms. The van der Waals surface area contributed by atoms with Crippen LogP contribution >= 0.6 is 0 Å². The van der Waals surface area contributed by atoms with Gasteiger partial charge < -0.3 is 13.7 Å². The van der Waals surface area contributed by atoms with Crippen LogP contribution in [0.4, 0.5) is 0 Å². The van der Waals surface area contributed by atoms with Gasteiger partial charge in [-0.1, -0.05) is 12.1 Å². The zero-order valence-corrected chi connectivity index (χ0v) is 12.5. The van der Waals surface area contributed by atoms with Crippen LogP contribution < -0.4 is 5.76 Å². The summed E-state index contributed by atoms with van der Waals surface area (Å²) in [6, 6.07) is 10.8. The molecule has 1 aromatic carbocycles. The molecule has 0 spiro atoms. The largest absolute Gasteiger partial charge is 0.459 e. The minimum absolute atomic E-state index is 0.0480. The Hall–Kier alpha value is -2.76. The van der Waals surface area contributed by atoms with Crippen molar-refractivity contribution in [3.05, 3.63) is 59.0 Å². The first kappa shape index (κ1) is 13.9. The predicted octanol–water partition coefficient (Wildman–Crippen LogP) is 2.66. The third-order valence-electron chi connectivity index (χ3n) is 4.37. The second kappa shape index (κ2) is 5.46. The summed E-state index contributed by atoms with van der Waals surface area (Å²) in [4.78, 5) is 26.2. The van der Waals surface area contributed by atoms with Gasteiger partial charge >= 0.3 is 5.76 Å². The molecule has 6 nitrogen and oxygen atoms in total. The van der Waals surface area contributed by atoms with Crippen LogP contribution in [-0.4, -0.2) is 28.5 Å². The van der Waals surface area contributed by atoms with Crippen molar-refractivity contribution in [2.24, 2.45) is 0 Å². The number of carbonyl (C=O) groups excluding carboxylic acids is 1. The zero-order valence-electron chi connectivity index (χ0n) is 12.5. The standard InChI is InChI=1S/C17H16N2O4/c20-16(15-6-3-11-22-15)18-9-7-12(8-10-18)19-13-4-1-2-5-14(13)23-17(19)21/h1-6,11-12H,7-10H2. The van der Waals surface area contributed by atoms with E-state index >= 15 is 0 Å². The second-order valence-electron chi connectivity index (χ2n) is 5.71. The van der Waals surface area contributed by atoms with E-state index in [9.17, 15) is 9.59 Å². The number of hydrogen-bond acceptors (Lipinski definition) is 4. The number of rotatable bonds is 2. The molecule has 1 amide bonds. The van der Waals surface area contributed by atoms with Crippen LogP contribution in [0, 0.1) is 0 Å². The molecule has 0 saturated carbocycles. The molecule has 23 heavy (non-hydrogen) atoms. The smallest absolute Gasteiger partial charge is 0.420 e. The number of nitrogens with zero attached hydrogens (tertiary/aromatic N) is 2. The minimum atomic E-state index is -0.331. The molecule has 0 atom stereocenters. The van der Waals surface area contributed by atoms with Gasteiger partial charge in [-0.2, -0.15) is 0 Å². The van der Waals surface area contributed by atoms with Crippen molar-refractivity contribution < 1.29 is 13.6 Å². The van der Waals surface area contributed by atoms with Crippen LogP contribution in [0.25, 0.3) is 11.1 Å². The fourth-order valence-corrected chi connectivity index (χ4v) is 3.21. The van der Waals surface area contributed by atoms with E-state index in [1.807, 2.05) is 18.2 Å². The molecular weight excluding hydrogens is 296 g/mol. The molecule has 1 saturated heterocycles. The summed E-state index contributed by atoms with van der Waals surface area (Å²) in [6.07, 6.45) is 2.93. The van der Waals surface area contributed by atoms with Crippen molar-refractivity contribution in [2.75, 3.05) is 13.1 Å². The van der Waals surface area contributed by atoms with E-state index in [1.54, 1.807) is 27.7 Å². The van der Waals surface area contributed by atoms with E-state index in [-0.39, 0.29) is 17.7 Å². The Morgan fingerprint density at radius 3 is 2.61 bits per heavy atom. The maximum atomic E-state index is 12.3. The van der Waals surface area contributed by atoms with Gasteiger partial charge in [0.25, 0.3) is 5.91 Å². The third-order valence-corrected chi connectivity index (χ3v) is 4.37. The molecule has 0 N–H and O–H groups in total. The molecule has 0 radical (unpaired) electrons. The topological polar surface area (TPSA) is 68.6 Å². The number of oxazole rings is 1. The van der Waals surface area contributed by atoms with Crippen LogP contribution in [0.2, 0.25) is 0 Å². The summed E-state index contributed by atoms with van der Waals surface area (Å²) >= 11 is 0. The van der Waals surface area contributed by atoms with Crippen LogP contribution in [0.3, 0.4) is 0 Å². The van der Waals surface area contributed by atoms with Crippen molar-refractivity contribution in [1.29, 1.82) is 0 Å². The van der Waals surface area contributed by atoms with E-state index < -0.39 is 0 Å². The molecule has 6 heteroatoms. The van der Waals surface area contributed by atoms with Gasteiger partial charge in [0.15, 0.2) is 11.3 Å². The van der Waals surface area contributed by atoms with Crippen LogP contribution in [0.5, 0.6) is 0 Å². The molecule has 0 unspecified atom stereocenters. The fourth-order valence-electron chi connectivity index (χ4n) is 3.21. The molecule has 1 aliphatic heterocycles. The molecule has 1 fully saturated rings. The zero-order chi connectivity index (χ0) is 15.8. The lowest BCUT2D eigenvalue weighted by molar-refractivity contribution is 0.0662. The third kappa shape index (κ3) is 2.36. The number of piperidine rings is 1. The Morgan fingerprint density at radius 2 is 1.87 bits per heavy atom. The van der Waals surface area contributed by atoms with E-state index in [0.717, 1.165) is 18.4 Å². The summed E-state index contributed by atoms with van der Waals surface area (Å²) in [5, 5.41) is 0. The van der Waals surface area contributed by atoms with Gasteiger partial charge in [0, 0.05) is 19.1 Å². The molecule has 118 valence electrons. The fraction of sp³-hybridized carbons (Fsp3) is 0.294. The van der Waals surface area contributed by atoms with Crippen LogP contribution in [0.15, 0.2) is 56.3 Å². The maximum Gasteiger partial charge on any atom is 0.420 e. The van der Waals surface area contributed by atoms with E-state index in [0.29, 0.717) is 24.4 Å². The maximum absolute atomic E-state index is 12.3. The monoisotopic (exact) mass is 312 g/mol. The normalized spacial score (nSPS) is 16.1. The summed E-state index contributed by atoms with van der Waals surface area (Å²) in [5.41, 5.74) is 1.42. The number of aromatic nitrogens is 1. The Bertz CT molecular complexity index is 883. The van der Waals surface area contributed by atoms with Gasteiger partial charge in [0.1, 0.15) is 0 Å². The van der Waals surface area contributed by atoms with Gasteiger partial charge in [-0.05, 0) is 37.1 Å². The van der Waals surface area contributed by atoms with E-state index in [1.165, 1.54) is 6.26 Å². The van der Waals surface area contributed by atoms with Gasteiger partial charge in [0.2, 0.25) is 0 Å². The first-order valence-corrected chi connectivity index (χ1v) is 7.67. The van der Waals surface area contributed by atoms with Crippen LogP contribution in [0.1, 0.15) is 29.4 Å². The Balaban J connectivity index is 1.54. The molecule has 0 aliphatic carbocycles. The quantitative estimate of drug-likeness (QED) is 0.729. The minimum Gasteiger partial charge on any atom is -0.459 e. The van der Waals surface area contributed by atoms with E-state index in [4.69, 9.17) is 8.83 Å². The van der Waals surface area contributed by atoms with Crippen molar-refractivity contribution >= 4 is 17.0 Å². The molecule has 4 rings (SSSR count). The van der Waals surface area contributed by atoms with Crippen LogP contribution in [-0.2, 0) is 0 Å². The lowest BCUT2D eigenvalue weighted by atomic mass is 10.0. The van der Waals surface area contributed by atoms with Crippen molar-refractivity contribution in [3.63, 3.8) is 0 Å². The highest BCUT2D eigenvalue weighted by molar-refractivity contribution is 5.91. The van der Waals surface area contributed by atoms with E-state index in [2.05, 4.69) is 0 Å². The number of furan rings is 1. The molecule has 1 aliphatic rings. The highest BCUT2D eigenvalue weighted by atomic mass is 16.4. The Labute approximate surface area is 131 Å². The first-order chi connectivity index (χ1) is 11.2. The number of fused-ring (bicyclic) bond motifs is 1. The average Bonchev–Trinajstić information content (AvgIpc) is 3.21. The van der Waals surface area contributed by atoms with Gasteiger partial charge in [-0.15, -0.1) is 0 Å². The lowest BCUT2D eigenvalue weighted by Gasteiger charge is -2.31. The second-order valence-corrected chi connectivity index (χ2v) is 5.71. The number of amides is 1. The van der Waals surface area contributed by atoms with Gasteiger partial charge in [0.05, 0.1) is 11.8 Å². The van der Waals surface area contributed by atoms with Crippen molar-refractivity contribution in [2.45, 2.75) is 18.9 Å².